The standard InChI is InChI=1S/C15H13NO2/c16-14(17)15(12-9-5-2-6-10-12)13(18-15)11-7-3-1-4-8-11/h1-10,13H,(H2,16,17). The van der Waals surface area contributed by atoms with Crippen molar-refractivity contribution in [2.45, 2.75) is 11.7 Å². The SMILES string of the molecule is NC(=O)C1(c2ccccc2)OC1c1ccccc1. The van der Waals surface area contributed by atoms with Gasteiger partial charge in [0, 0.05) is 0 Å². The summed E-state index contributed by atoms with van der Waals surface area (Å²) in [5, 5.41) is 0. The summed E-state index contributed by atoms with van der Waals surface area (Å²) in [7, 11) is 0. The summed E-state index contributed by atoms with van der Waals surface area (Å²) in [5.74, 6) is -0.442. The molecule has 2 N–H and O–H groups in total. The molecule has 0 aliphatic carbocycles. The van der Waals surface area contributed by atoms with Crippen LogP contribution in [0.3, 0.4) is 0 Å². The van der Waals surface area contributed by atoms with Gasteiger partial charge in [0.1, 0.15) is 6.10 Å². The van der Waals surface area contributed by atoms with Crippen molar-refractivity contribution in [3.05, 3.63) is 71.8 Å². The monoisotopic (exact) mass is 239 g/mol. The van der Waals surface area contributed by atoms with Gasteiger partial charge in [-0.1, -0.05) is 60.7 Å². The van der Waals surface area contributed by atoms with Crippen LogP contribution >= 0.6 is 0 Å². The Hall–Kier alpha value is -2.13. The highest BCUT2D eigenvalue weighted by Crippen LogP contribution is 2.56. The number of ether oxygens (including phenoxy) is 1. The molecule has 2 aromatic carbocycles. The van der Waals surface area contributed by atoms with Gasteiger partial charge in [-0.05, 0) is 11.1 Å². The predicted molar refractivity (Wildman–Crippen MR) is 67.6 cm³/mol. The first-order valence-corrected chi connectivity index (χ1v) is 5.83. The number of hydrogen-bond acceptors (Lipinski definition) is 2. The van der Waals surface area contributed by atoms with Crippen molar-refractivity contribution in [2.24, 2.45) is 5.73 Å². The highest BCUT2D eigenvalue weighted by molar-refractivity contribution is 5.88. The van der Waals surface area contributed by atoms with Crippen molar-refractivity contribution in [1.82, 2.24) is 0 Å². The van der Waals surface area contributed by atoms with E-state index in [9.17, 15) is 4.79 Å². The zero-order valence-corrected chi connectivity index (χ0v) is 9.74. The van der Waals surface area contributed by atoms with Crippen LogP contribution in [0.5, 0.6) is 0 Å². The van der Waals surface area contributed by atoms with E-state index in [0.29, 0.717) is 0 Å². The molecule has 3 nitrogen and oxygen atoms in total. The summed E-state index contributed by atoms with van der Waals surface area (Å²) < 4.78 is 5.66. The number of rotatable bonds is 3. The molecule has 0 radical (unpaired) electrons. The van der Waals surface area contributed by atoms with Crippen LogP contribution < -0.4 is 5.73 Å². The molecule has 1 aliphatic heterocycles. The summed E-state index contributed by atoms with van der Waals surface area (Å²) >= 11 is 0. The fourth-order valence-electron chi connectivity index (χ4n) is 2.32. The van der Waals surface area contributed by atoms with Crippen LogP contribution in [0.1, 0.15) is 17.2 Å². The lowest BCUT2D eigenvalue weighted by atomic mass is 9.91. The first kappa shape index (κ1) is 11.0. The molecular formula is C15H13NO2. The second-order valence-corrected chi connectivity index (χ2v) is 4.37. The summed E-state index contributed by atoms with van der Waals surface area (Å²) in [6.45, 7) is 0. The van der Waals surface area contributed by atoms with Gasteiger partial charge in [-0.2, -0.15) is 0 Å². The molecule has 3 rings (SSSR count). The van der Waals surface area contributed by atoms with Crippen molar-refractivity contribution < 1.29 is 9.53 Å². The van der Waals surface area contributed by atoms with Crippen molar-refractivity contribution in [3.63, 3.8) is 0 Å². The highest BCUT2D eigenvalue weighted by Gasteiger charge is 2.63. The van der Waals surface area contributed by atoms with Crippen LogP contribution in [-0.2, 0) is 15.1 Å². The second-order valence-electron chi connectivity index (χ2n) is 4.37. The Morgan fingerprint density at radius 2 is 1.56 bits per heavy atom. The van der Waals surface area contributed by atoms with Gasteiger partial charge in [-0.15, -0.1) is 0 Å². The van der Waals surface area contributed by atoms with Crippen molar-refractivity contribution in [1.29, 1.82) is 0 Å². The minimum absolute atomic E-state index is 0.279. The Morgan fingerprint density at radius 1 is 1.00 bits per heavy atom. The fraction of sp³-hybridized carbons (Fsp3) is 0.133. The largest absolute Gasteiger partial charge is 0.367 e. The van der Waals surface area contributed by atoms with Crippen LogP contribution in [-0.4, -0.2) is 5.91 Å². The summed E-state index contributed by atoms with van der Waals surface area (Å²) in [6, 6.07) is 19.1. The molecule has 90 valence electrons. The van der Waals surface area contributed by atoms with Gasteiger partial charge in [0.05, 0.1) is 0 Å². The van der Waals surface area contributed by atoms with E-state index in [1.807, 2.05) is 60.7 Å². The molecule has 0 saturated carbocycles. The van der Waals surface area contributed by atoms with Crippen molar-refractivity contribution >= 4 is 5.91 Å². The lowest BCUT2D eigenvalue weighted by Gasteiger charge is -2.09. The van der Waals surface area contributed by atoms with Crippen LogP contribution in [0.15, 0.2) is 60.7 Å². The molecule has 1 aliphatic rings. The highest BCUT2D eigenvalue weighted by atomic mass is 16.6. The Balaban J connectivity index is 2.01. The normalized spacial score (nSPS) is 25.7. The number of hydrogen-bond donors (Lipinski definition) is 1. The van der Waals surface area contributed by atoms with Gasteiger partial charge in [0.15, 0.2) is 0 Å². The van der Waals surface area contributed by atoms with E-state index in [-0.39, 0.29) is 6.10 Å². The maximum atomic E-state index is 11.8. The third kappa shape index (κ3) is 1.52. The quantitative estimate of drug-likeness (QED) is 0.834. The van der Waals surface area contributed by atoms with E-state index in [1.165, 1.54) is 0 Å². The van der Waals surface area contributed by atoms with E-state index in [2.05, 4.69) is 0 Å². The molecule has 1 amide bonds. The Bertz CT molecular complexity index is 568. The molecule has 18 heavy (non-hydrogen) atoms. The second kappa shape index (κ2) is 3.96. The smallest absolute Gasteiger partial charge is 0.257 e. The fourth-order valence-corrected chi connectivity index (χ4v) is 2.32. The third-order valence-electron chi connectivity index (χ3n) is 3.29. The molecule has 0 aromatic heterocycles. The lowest BCUT2D eigenvalue weighted by molar-refractivity contribution is -0.123. The topological polar surface area (TPSA) is 55.6 Å². The van der Waals surface area contributed by atoms with E-state index in [0.717, 1.165) is 11.1 Å². The van der Waals surface area contributed by atoms with Crippen LogP contribution in [0.2, 0.25) is 0 Å². The Morgan fingerprint density at radius 3 is 2.11 bits per heavy atom. The number of carbonyl (C=O) groups excluding carboxylic acids is 1. The lowest BCUT2D eigenvalue weighted by Crippen LogP contribution is -2.30. The van der Waals surface area contributed by atoms with E-state index in [4.69, 9.17) is 10.5 Å². The van der Waals surface area contributed by atoms with Crippen LogP contribution in [0, 0.1) is 0 Å². The maximum Gasteiger partial charge on any atom is 0.257 e. The van der Waals surface area contributed by atoms with Gasteiger partial charge in [0.25, 0.3) is 5.91 Å². The average Bonchev–Trinajstić information content (AvgIpc) is 3.18. The van der Waals surface area contributed by atoms with E-state index >= 15 is 0 Å². The molecule has 3 heteroatoms. The molecule has 2 aromatic rings. The molecule has 0 bridgehead atoms. The molecule has 1 heterocycles. The van der Waals surface area contributed by atoms with Gasteiger partial charge in [0.2, 0.25) is 5.60 Å². The average molecular weight is 239 g/mol. The number of nitrogens with two attached hydrogens (primary N) is 1. The van der Waals surface area contributed by atoms with Gasteiger partial charge >= 0.3 is 0 Å². The molecule has 2 unspecified atom stereocenters. The number of benzene rings is 2. The summed E-state index contributed by atoms with van der Waals surface area (Å²) in [6.07, 6.45) is -0.279. The molecule has 0 spiro atoms. The van der Waals surface area contributed by atoms with Gasteiger partial charge < -0.3 is 10.5 Å². The Kier molecular flexibility index (Phi) is 2.42. The van der Waals surface area contributed by atoms with E-state index < -0.39 is 11.5 Å². The van der Waals surface area contributed by atoms with Crippen LogP contribution in [0.4, 0.5) is 0 Å². The number of amides is 1. The first-order chi connectivity index (χ1) is 8.75. The molecule has 2 atom stereocenters. The van der Waals surface area contributed by atoms with Gasteiger partial charge in [-0.3, -0.25) is 4.79 Å². The minimum Gasteiger partial charge on any atom is -0.367 e. The number of carbonyl (C=O) groups is 1. The zero-order chi connectivity index (χ0) is 12.6. The van der Waals surface area contributed by atoms with Crippen LogP contribution in [0.25, 0.3) is 0 Å². The predicted octanol–water partition coefficient (Wildman–Crippen LogP) is 2.14. The maximum absolute atomic E-state index is 11.8. The molecule has 1 saturated heterocycles. The van der Waals surface area contributed by atoms with Crippen molar-refractivity contribution in [3.8, 4) is 0 Å². The van der Waals surface area contributed by atoms with Crippen molar-refractivity contribution in [2.75, 3.05) is 0 Å². The Labute approximate surface area is 105 Å². The molecular weight excluding hydrogens is 226 g/mol. The number of epoxide rings is 1. The first-order valence-electron chi connectivity index (χ1n) is 5.83. The minimum atomic E-state index is -0.997. The molecule has 1 fully saturated rings. The number of primary amides is 1. The summed E-state index contributed by atoms with van der Waals surface area (Å²) in [4.78, 5) is 11.8. The van der Waals surface area contributed by atoms with Gasteiger partial charge in [-0.25, -0.2) is 0 Å². The van der Waals surface area contributed by atoms with E-state index in [1.54, 1.807) is 0 Å². The zero-order valence-electron chi connectivity index (χ0n) is 9.74. The third-order valence-corrected chi connectivity index (χ3v) is 3.29. The summed E-state index contributed by atoms with van der Waals surface area (Å²) in [5.41, 5.74) is 6.31.